The molecule has 24 heavy (non-hydrogen) atoms. The first kappa shape index (κ1) is 18.5. The Morgan fingerprint density at radius 2 is 2.12 bits per heavy atom. The Balaban J connectivity index is 0.00000208. The van der Waals surface area contributed by atoms with Crippen LogP contribution < -0.4 is 15.5 Å². The Bertz CT molecular complexity index is 583. The van der Waals surface area contributed by atoms with Crippen LogP contribution in [0.5, 0.6) is 0 Å². The molecule has 2 heterocycles. The van der Waals surface area contributed by atoms with E-state index in [1.54, 1.807) is 29.2 Å². The molecule has 8 nitrogen and oxygen atoms in total. The predicted molar refractivity (Wildman–Crippen MR) is 89.4 cm³/mol. The highest BCUT2D eigenvalue weighted by atomic mass is 35.5. The third-order valence-electron chi connectivity index (χ3n) is 3.73. The van der Waals surface area contributed by atoms with Crippen LogP contribution in [0.1, 0.15) is 6.42 Å². The fourth-order valence-corrected chi connectivity index (χ4v) is 2.56. The molecule has 2 amide bonds. The summed E-state index contributed by atoms with van der Waals surface area (Å²) in [5, 5.41) is 14.9. The summed E-state index contributed by atoms with van der Waals surface area (Å²) in [5.74, 6) is -0.0813. The zero-order chi connectivity index (χ0) is 16.2. The van der Waals surface area contributed by atoms with E-state index >= 15 is 0 Å². The van der Waals surface area contributed by atoms with Crippen LogP contribution in [0.15, 0.2) is 24.3 Å². The number of anilines is 2. The van der Waals surface area contributed by atoms with Crippen LogP contribution in [-0.4, -0.2) is 55.7 Å². The smallest absolute Gasteiger partial charge is 0.413 e. The van der Waals surface area contributed by atoms with Crippen LogP contribution in [0.2, 0.25) is 0 Å². The van der Waals surface area contributed by atoms with Crippen molar-refractivity contribution in [3.63, 3.8) is 0 Å². The van der Waals surface area contributed by atoms with Gasteiger partial charge < -0.3 is 19.5 Å². The summed E-state index contributed by atoms with van der Waals surface area (Å²) >= 11 is 0. The number of ether oxygens (including phenoxy) is 2. The molecule has 0 radical (unpaired) electrons. The standard InChI is InChI=1S/C15H19N3O5.ClH/c19-12-7-13(16-8-12)23-15(21)17-10-1-3-11(4-2-10)18-5-6-22-9-14(18)20;/h1-4,12-13,16,19H,5-9H2,(H,17,21);1H/t12-,13-;/m1./s1. The number of hydrogen-bond donors (Lipinski definition) is 3. The highest BCUT2D eigenvalue weighted by Crippen LogP contribution is 2.20. The molecule has 3 N–H and O–H groups in total. The molecule has 1 aromatic carbocycles. The van der Waals surface area contributed by atoms with Gasteiger partial charge in [-0.2, -0.15) is 0 Å². The van der Waals surface area contributed by atoms with Crippen molar-refractivity contribution < 1.29 is 24.2 Å². The number of benzene rings is 1. The first-order chi connectivity index (χ1) is 11.1. The molecule has 2 aliphatic rings. The molecule has 1 aromatic rings. The maximum absolute atomic E-state index is 11.8. The van der Waals surface area contributed by atoms with E-state index in [1.165, 1.54) is 0 Å². The zero-order valence-corrected chi connectivity index (χ0v) is 13.8. The zero-order valence-electron chi connectivity index (χ0n) is 12.9. The monoisotopic (exact) mass is 357 g/mol. The second kappa shape index (κ2) is 8.29. The number of aliphatic hydroxyl groups is 1. The summed E-state index contributed by atoms with van der Waals surface area (Å²) in [6, 6.07) is 6.93. The number of amides is 2. The fourth-order valence-electron chi connectivity index (χ4n) is 2.56. The first-order valence-corrected chi connectivity index (χ1v) is 7.49. The number of morpholine rings is 1. The number of β-amino-alcohol motifs (C(OH)–C–C–N with tert-alkyl or cyclic N) is 1. The van der Waals surface area contributed by atoms with Gasteiger partial charge in [0, 0.05) is 30.9 Å². The minimum atomic E-state index is -0.591. The van der Waals surface area contributed by atoms with Gasteiger partial charge >= 0.3 is 6.09 Å². The number of carbonyl (C=O) groups excluding carboxylic acids is 2. The van der Waals surface area contributed by atoms with Gasteiger partial charge in [0.15, 0.2) is 6.23 Å². The number of nitrogens with one attached hydrogen (secondary N) is 2. The van der Waals surface area contributed by atoms with Gasteiger partial charge in [-0.15, -0.1) is 12.4 Å². The van der Waals surface area contributed by atoms with Gasteiger partial charge in [0.25, 0.3) is 5.91 Å². The van der Waals surface area contributed by atoms with Crippen LogP contribution in [0.25, 0.3) is 0 Å². The quantitative estimate of drug-likeness (QED) is 0.736. The average molecular weight is 358 g/mol. The number of hydrogen-bond acceptors (Lipinski definition) is 6. The summed E-state index contributed by atoms with van der Waals surface area (Å²) in [6.07, 6.45) is -1.17. The van der Waals surface area contributed by atoms with E-state index in [0.29, 0.717) is 31.8 Å². The van der Waals surface area contributed by atoms with Crippen molar-refractivity contribution in [1.82, 2.24) is 5.32 Å². The summed E-state index contributed by atoms with van der Waals surface area (Å²) in [4.78, 5) is 25.2. The van der Waals surface area contributed by atoms with Crippen LogP contribution in [0.3, 0.4) is 0 Å². The van der Waals surface area contributed by atoms with Crippen LogP contribution in [-0.2, 0) is 14.3 Å². The molecule has 0 spiro atoms. The molecule has 9 heteroatoms. The van der Waals surface area contributed by atoms with Gasteiger partial charge in [-0.05, 0) is 24.3 Å². The van der Waals surface area contributed by atoms with Crippen molar-refractivity contribution in [2.24, 2.45) is 0 Å². The van der Waals surface area contributed by atoms with Crippen molar-refractivity contribution in [3.8, 4) is 0 Å². The highest BCUT2D eigenvalue weighted by molar-refractivity contribution is 5.95. The molecule has 132 valence electrons. The first-order valence-electron chi connectivity index (χ1n) is 7.49. The van der Waals surface area contributed by atoms with Crippen molar-refractivity contribution in [2.75, 3.05) is 36.5 Å². The highest BCUT2D eigenvalue weighted by Gasteiger charge is 2.25. The van der Waals surface area contributed by atoms with Gasteiger partial charge in [0.1, 0.15) is 6.61 Å². The summed E-state index contributed by atoms with van der Waals surface area (Å²) < 4.78 is 10.2. The largest absolute Gasteiger partial charge is 0.430 e. The maximum atomic E-state index is 11.8. The lowest BCUT2D eigenvalue weighted by Crippen LogP contribution is -2.41. The van der Waals surface area contributed by atoms with E-state index in [4.69, 9.17) is 9.47 Å². The molecule has 2 atom stereocenters. The molecule has 2 fully saturated rings. The third-order valence-corrected chi connectivity index (χ3v) is 3.73. The Morgan fingerprint density at radius 3 is 2.75 bits per heavy atom. The summed E-state index contributed by atoms with van der Waals surface area (Å²) in [6.45, 7) is 1.54. The maximum Gasteiger partial charge on any atom is 0.413 e. The van der Waals surface area contributed by atoms with E-state index in [-0.39, 0.29) is 24.9 Å². The van der Waals surface area contributed by atoms with E-state index in [9.17, 15) is 14.7 Å². The van der Waals surface area contributed by atoms with E-state index in [1.807, 2.05) is 0 Å². The molecule has 0 aromatic heterocycles. The normalized spacial score (nSPS) is 23.5. The molecule has 0 unspecified atom stereocenters. The van der Waals surface area contributed by atoms with Gasteiger partial charge in [0.2, 0.25) is 0 Å². The number of aliphatic hydroxyl groups excluding tert-OH is 1. The summed E-state index contributed by atoms with van der Waals surface area (Å²) in [7, 11) is 0. The fraction of sp³-hybridized carbons (Fsp3) is 0.467. The second-order valence-electron chi connectivity index (χ2n) is 5.46. The average Bonchev–Trinajstić information content (AvgIpc) is 2.93. The van der Waals surface area contributed by atoms with Crippen LogP contribution in [0.4, 0.5) is 16.2 Å². The Kier molecular flexibility index (Phi) is 6.38. The van der Waals surface area contributed by atoms with Crippen molar-refractivity contribution in [2.45, 2.75) is 18.8 Å². The SMILES string of the molecule is Cl.O=C(Nc1ccc(N2CCOCC2=O)cc1)O[C@@H]1C[C@@H](O)CN1. The number of rotatable bonds is 3. The van der Waals surface area contributed by atoms with E-state index < -0.39 is 18.4 Å². The predicted octanol–water partition coefficient (Wildman–Crippen LogP) is 0.700. The van der Waals surface area contributed by atoms with Gasteiger partial charge in [-0.25, -0.2) is 4.79 Å². The lowest BCUT2D eigenvalue weighted by Gasteiger charge is -2.26. The van der Waals surface area contributed by atoms with Gasteiger partial charge in [-0.3, -0.25) is 15.4 Å². The van der Waals surface area contributed by atoms with E-state index in [2.05, 4.69) is 10.6 Å². The lowest BCUT2D eigenvalue weighted by molar-refractivity contribution is -0.125. The minimum absolute atomic E-state index is 0. The minimum Gasteiger partial charge on any atom is -0.430 e. The van der Waals surface area contributed by atoms with Crippen molar-refractivity contribution >= 4 is 35.8 Å². The molecule has 3 rings (SSSR count). The number of halogens is 1. The van der Waals surface area contributed by atoms with E-state index in [0.717, 1.165) is 5.69 Å². The summed E-state index contributed by atoms with van der Waals surface area (Å²) in [5.41, 5.74) is 1.33. The van der Waals surface area contributed by atoms with Crippen LogP contribution in [0, 0.1) is 0 Å². The molecule has 2 aliphatic heterocycles. The van der Waals surface area contributed by atoms with Crippen LogP contribution >= 0.6 is 12.4 Å². The Morgan fingerprint density at radius 1 is 1.38 bits per heavy atom. The Hall–Kier alpha value is -1.87. The topological polar surface area (TPSA) is 100 Å². The van der Waals surface area contributed by atoms with Crippen molar-refractivity contribution in [1.29, 1.82) is 0 Å². The Labute approximate surface area is 145 Å². The lowest BCUT2D eigenvalue weighted by atomic mass is 10.2. The number of nitrogens with zero attached hydrogens (tertiary/aromatic N) is 1. The van der Waals surface area contributed by atoms with Crippen molar-refractivity contribution in [3.05, 3.63) is 24.3 Å². The molecule has 0 bridgehead atoms. The molecule has 0 aliphatic carbocycles. The van der Waals surface area contributed by atoms with Gasteiger partial charge in [0.05, 0.1) is 12.7 Å². The molecule has 0 saturated carbocycles. The molecular weight excluding hydrogens is 338 g/mol. The number of carbonyl (C=O) groups is 2. The third kappa shape index (κ3) is 4.57. The second-order valence-corrected chi connectivity index (χ2v) is 5.46. The molecular formula is C15H20ClN3O5. The van der Waals surface area contributed by atoms with Gasteiger partial charge in [-0.1, -0.05) is 0 Å². The molecule has 2 saturated heterocycles.